The Labute approximate surface area is 110 Å². The molecule has 18 heavy (non-hydrogen) atoms. The number of thioether (sulfide) groups is 1. The maximum atomic E-state index is 11.3. The summed E-state index contributed by atoms with van der Waals surface area (Å²) in [5, 5.41) is 4.59. The Hall–Kier alpha value is -1.75. The van der Waals surface area contributed by atoms with Crippen LogP contribution >= 0.6 is 11.8 Å². The first kappa shape index (κ1) is 12.7. The van der Waals surface area contributed by atoms with Gasteiger partial charge in [0.25, 0.3) is 0 Å². The van der Waals surface area contributed by atoms with E-state index in [0.717, 1.165) is 21.4 Å². The molecular weight excluding hydrogens is 246 g/mol. The fourth-order valence-electron chi connectivity index (χ4n) is 1.68. The molecule has 0 atom stereocenters. The molecule has 0 spiro atoms. The van der Waals surface area contributed by atoms with Crippen molar-refractivity contribution in [1.29, 1.82) is 0 Å². The second-order valence-corrected chi connectivity index (χ2v) is 5.00. The number of benzene rings is 1. The molecule has 0 unspecified atom stereocenters. The Bertz CT molecular complexity index is 598. The summed E-state index contributed by atoms with van der Waals surface area (Å²) in [6.07, 6.45) is 1.78. The molecule has 0 saturated heterocycles. The molecule has 2 rings (SSSR count). The number of nitrogens with one attached hydrogen (secondary N) is 1. The molecule has 0 fully saturated rings. The van der Waals surface area contributed by atoms with E-state index in [1.165, 1.54) is 11.8 Å². The van der Waals surface area contributed by atoms with E-state index in [2.05, 4.69) is 10.3 Å². The second-order valence-electron chi connectivity index (χ2n) is 3.99. The molecule has 0 aliphatic rings. The molecule has 2 aromatic rings. The van der Waals surface area contributed by atoms with Crippen LogP contribution in [0.4, 0.5) is 5.69 Å². The number of aromatic nitrogens is 1. The number of carbonyl (C=O) groups excluding carboxylic acids is 1. The lowest BCUT2D eigenvalue weighted by atomic mass is 10.1. The van der Waals surface area contributed by atoms with Gasteiger partial charge in [0, 0.05) is 40.3 Å². The number of aryl methyl sites for hydroxylation is 1. The van der Waals surface area contributed by atoms with Gasteiger partial charge in [0.15, 0.2) is 0 Å². The molecule has 0 radical (unpaired) electrons. The molecular formula is C13H15N3OS. The van der Waals surface area contributed by atoms with Gasteiger partial charge in [-0.05, 0) is 25.1 Å². The maximum absolute atomic E-state index is 11.3. The van der Waals surface area contributed by atoms with Crippen LogP contribution in [0.3, 0.4) is 0 Å². The zero-order valence-electron chi connectivity index (χ0n) is 10.4. The molecule has 4 nitrogen and oxygen atoms in total. The quantitative estimate of drug-likeness (QED) is 0.654. The molecule has 1 heterocycles. The van der Waals surface area contributed by atoms with Gasteiger partial charge in [-0.1, -0.05) is 0 Å². The van der Waals surface area contributed by atoms with E-state index in [4.69, 9.17) is 5.73 Å². The lowest BCUT2D eigenvalue weighted by molar-refractivity contribution is -0.118. The van der Waals surface area contributed by atoms with Crippen molar-refractivity contribution >= 4 is 34.1 Å². The lowest BCUT2D eigenvalue weighted by Crippen LogP contribution is -2.19. The SMILES string of the molecule is CNC(=O)CSc1ccc(N)c2cnc(C)cc12. The zero-order chi connectivity index (χ0) is 13.1. The zero-order valence-corrected chi connectivity index (χ0v) is 11.2. The third-order valence-electron chi connectivity index (χ3n) is 2.67. The Morgan fingerprint density at radius 2 is 2.22 bits per heavy atom. The minimum atomic E-state index is 0.00996. The number of pyridine rings is 1. The number of amides is 1. The van der Waals surface area contributed by atoms with Gasteiger partial charge in [0.2, 0.25) is 5.91 Å². The summed E-state index contributed by atoms with van der Waals surface area (Å²) in [7, 11) is 1.64. The molecule has 0 aliphatic heterocycles. The van der Waals surface area contributed by atoms with Crippen molar-refractivity contribution in [3.63, 3.8) is 0 Å². The molecule has 1 aromatic heterocycles. The van der Waals surface area contributed by atoms with Crippen molar-refractivity contribution in [2.45, 2.75) is 11.8 Å². The highest BCUT2D eigenvalue weighted by Crippen LogP contribution is 2.31. The molecule has 1 aromatic carbocycles. The van der Waals surface area contributed by atoms with E-state index in [-0.39, 0.29) is 5.91 Å². The second kappa shape index (κ2) is 5.27. The molecule has 1 amide bonds. The van der Waals surface area contributed by atoms with Crippen LogP contribution in [-0.2, 0) is 4.79 Å². The molecule has 94 valence electrons. The standard InChI is InChI=1S/C13H15N3OS/c1-8-5-9-10(6-16-8)11(14)3-4-12(9)18-7-13(17)15-2/h3-6H,7,14H2,1-2H3,(H,15,17). The number of anilines is 1. The average molecular weight is 261 g/mol. The van der Waals surface area contributed by atoms with Crippen LogP contribution in [0.15, 0.2) is 29.3 Å². The fraction of sp³-hybridized carbons (Fsp3) is 0.231. The molecule has 0 aliphatic carbocycles. The fourth-order valence-corrected chi connectivity index (χ4v) is 2.60. The topological polar surface area (TPSA) is 68.0 Å². The molecule has 0 bridgehead atoms. The summed E-state index contributed by atoms with van der Waals surface area (Å²) in [6.45, 7) is 1.94. The predicted molar refractivity (Wildman–Crippen MR) is 75.7 cm³/mol. The van der Waals surface area contributed by atoms with Crippen LogP contribution in [0.1, 0.15) is 5.69 Å². The summed E-state index contributed by atoms with van der Waals surface area (Å²) in [6, 6.07) is 5.80. The highest BCUT2D eigenvalue weighted by molar-refractivity contribution is 8.00. The molecule has 0 saturated carbocycles. The smallest absolute Gasteiger partial charge is 0.230 e. The highest BCUT2D eigenvalue weighted by atomic mass is 32.2. The first-order valence-corrected chi connectivity index (χ1v) is 6.58. The van der Waals surface area contributed by atoms with E-state index < -0.39 is 0 Å². The van der Waals surface area contributed by atoms with E-state index >= 15 is 0 Å². The Kier molecular flexibility index (Phi) is 3.72. The largest absolute Gasteiger partial charge is 0.398 e. The first-order chi connectivity index (χ1) is 8.61. The number of hydrogen-bond acceptors (Lipinski definition) is 4. The summed E-state index contributed by atoms with van der Waals surface area (Å²) in [4.78, 5) is 16.6. The minimum absolute atomic E-state index is 0.00996. The minimum Gasteiger partial charge on any atom is -0.398 e. The predicted octanol–water partition coefficient (Wildman–Crippen LogP) is 1.96. The van der Waals surface area contributed by atoms with E-state index in [1.807, 2.05) is 25.1 Å². The highest BCUT2D eigenvalue weighted by Gasteiger charge is 2.07. The Morgan fingerprint density at radius 1 is 1.44 bits per heavy atom. The van der Waals surface area contributed by atoms with Gasteiger partial charge in [-0.25, -0.2) is 0 Å². The van der Waals surface area contributed by atoms with Gasteiger partial charge in [0.1, 0.15) is 0 Å². The number of carbonyl (C=O) groups is 1. The van der Waals surface area contributed by atoms with Crippen LogP contribution in [0.5, 0.6) is 0 Å². The van der Waals surface area contributed by atoms with Gasteiger partial charge in [0.05, 0.1) is 5.75 Å². The van der Waals surface area contributed by atoms with Gasteiger partial charge in [-0.2, -0.15) is 0 Å². The van der Waals surface area contributed by atoms with Crippen LogP contribution < -0.4 is 11.1 Å². The van der Waals surface area contributed by atoms with Crippen LogP contribution in [0.25, 0.3) is 10.8 Å². The monoisotopic (exact) mass is 261 g/mol. The lowest BCUT2D eigenvalue weighted by Gasteiger charge is -2.08. The summed E-state index contributed by atoms with van der Waals surface area (Å²) < 4.78 is 0. The van der Waals surface area contributed by atoms with Crippen molar-refractivity contribution in [3.8, 4) is 0 Å². The van der Waals surface area contributed by atoms with Crippen molar-refractivity contribution in [1.82, 2.24) is 10.3 Å². The van der Waals surface area contributed by atoms with Crippen molar-refractivity contribution in [3.05, 3.63) is 30.1 Å². The Balaban J connectivity index is 2.41. The average Bonchev–Trinajstić information content (AvgIpc) is 2.37. The van der Waals surface area contributed by atoms with Gasteiger partial charge in [-0.15, -0.1) is 11.8 Å². The normalized spacial score (nSPS) is 10.6. The number of hydrogen-bond donors (Lipinski definition) is 2. The Morgan fingerprint density at radius 3 is 2.94 bits per heavy atom. The molecule has 3 N–H and O–H groups in total. The van der Waals surface area contributed by atoms with Gasteiger partial charge >= 0.3 is 0 Å². The van der Waals surface area contributed by atoms with Crippen molar-refractivity contribution in [2.75, 3.05) is 18.5 Å². The van der Waals surface area contributed by atoms with Crippen LogP contribution in [-0.4, -0.2) is 23.7 Å². The third-order valence-corrected chi connectivity index (χ3v) is 3.74. The third kappa shape index (κ3) is 2.56. The van der Waals surface area contributed by atoms with Crippen LogP contribution in [0, 0.1) is 6.92 Å². The van der Waals surface area contributed by atoms with Gasteiger partial charge in [-0.3, -0.25) is 9.78 Å². The summed E-state index contributed by atoms with van der Waals surface area (Å²) in [5.74, 6) is 0.410. The van der Waals surface area contributed by atoms with E-state index in [9.17, 15) is 4.79 Å². The number of nitrogens with two attached hydrogens (primary N) is 1. The summed E-state index contributed by atoms with van der Waals surface area (Å²) >= 11 is 1.50. The summed E-state index contributed by atoms with van der Waals surface area (Å²) in [5.41, 5.74) is 7.58. The van der Waals surface area contributed by atoms with Gasteiger partial charge < -0.3 is 11.1 Å². The number of fused-ring (bicyclic) bond motifs is 1. The van der Waals surface area contributed by atoms with Crippen molar-refractivity contribution < 1.29 is 4.79 Å². The first-order valence-electron chi connectivity index (χ1n) is 5.60. The maximum Gasteiger partial charge on any atom is 0.230 e. The molecule has 5 heteroatoms. The van der Waals surface area contributed by atoms with Crippen LogP contribution in [0.2, 0.25) is 0 Å². The number of nitrogen functional groups attached to an aromatic ring is 1. The van der Waals surface area contributed by atoms with Crippen molar-refractivity contribution in [2.24, 2.45) is 0 Å². The van der Waals surface area contributed by atoms with E-state index in [0.29, 0.717) is 11.4 Å². The number of rotatable bonds is 3. The van der Waals surface area contributed by atoms with E-state index in [1.54, 1.807) is 13.2 Å². The number of nitrogens with zero attached hydrogens (tertiary/aromatic N) is 1.